The van der Waals surface area contributed by atoms with E-state index < -0.39 is 0 Å². The summed E-state index contributed by atoms with van der Waals surface area (Å²) < 4.78 is 1.61. The highest BCUT2D eigenvalue weighted by Gasteiger charge is 2.18. The van der Waals surface area contributed by atoms with Gasteiger partial charge in [0.2, 0.25) is 0 Å². The Morgan fingerprint density at radius 1 is 1.25 bits per heavy atom. The number of carbonyl (C=O) groups is 1. The number of aromatic nitrogens is 3. The quantitative estimate of drug-likeness (QED) is 0.775. The Morgan fingerprint density at radius 3 is 2.90 bits per heavy atom. The molecule has 1 N–H and O–H groups in total. The lowest BCUT2D eigenvalue weighted by Gasteiger charge is -2.05. The first-order valence-corrected chi connectivity index (χ1v) is 6.33. The minimum atomic E-state index is -0.193. The maximum Gasteiger partial charge on any atom is 0.261 e. The van der Waals surface area contributed by atoms with Gasteiger partial charge in [-0.3, -0.25) is 4.79 Å². The summed E-state index contributed by atoms with van der Waals surface area (Å²) in [7, 11) is 0. The Hall–Kier alpha value is -2.69. The molecule has 0 saturated carbocycles. The van der Waals surface area contributed by atoms with Gasteiger partial charge < -0.3 is 5.32 Å². The van der Waals surface area contributed by atoms with Crippen molar-refractivity contribution in [3.63, 3.8) is 0 Å². The van der Waals surface area contributed by atoms with Gasteiger partial charge in [0.05, 0.1) is 5.69 Å². The normalized spacial score (nSPS) is 10.7. The van der Waals surface area contributed by atoms with Gasteiger partial charge in [0.1, 0.15) is 5.56 Å². The number of amides is 1. The third kappa shape index (κ3) is 2.14. The van der Waals surface area contributed by atoms with E-state index in [0.29, 0.717) is 16.9 Å². The molecule has 1 amide bonds. The van der Waals surface area contributed by atoms with E-state index in [1.54, 1.807) is 29.9 Å². The van der Waals surface area contributed by atoms with Gasteiger partial charge >= 0.3 is 0 Å². The van der Waals surface area contributed by atoms with Crippen LogP contribution in [0.5, 0.6) is 0 Å². The van der Waals surface area contributed by atoms with Crippen molar-refractivity contribution in [1.82, 2.24) is 14.6 Å². The first kappa shape index (κ1) is 12.3. The van der Waals surface area contributed by atoms with Crippen molar-refractivity contribution in [2.45, 2.75) is 13.8 Å². The molecule has 5 nitrogen and oxygen atoms in total. The minimum Gasteiger partial charge on any atom is -0.322 e. The van der Waals surface area contributed by atoms with E-state index in [2.05, 4.69) is 15.4 Å². The van der Waals surface area contributed by atoms with Crippen LogP contribution in [0.3, 0.4) is 0 Å². The number of carbonyl (C=O) groups excluding carboxylic acids is 1. The van der Waals surface area contributed by atoms with Crippen LogP contribution >= 0.6 is 0 Å². The van der Waals surface area contributed by atoms with Crippen molar-refractivity contribution in [3.05, 3.63) is 59.5 Å². The molecule has 2 aromatic heterocycles. The maximum absolute atomic E-state index is 12.4. The van der Waals surface area contributed by atoms with E-state index in [1.807, 2.05) is 31.2 Å². The van der Waals surface area contributed by atoms with Crippen molar-refractivity contribution >= 4 is 17.2 Å². The van der Waals surface area contributed by atoms with Gasteiger partial charge in [-0.1, -0.05) is 12.1 Å². The van der Waals surface area contributed by atoms with E-state index in [-0.39, 0.29) is 5.91 Å². The summed E-state index contributed by atoms with van der Waals surface area (Å²) in [5, 5.41) is 7.17. The second kappa shape index (κ2) is 4.77. The number of fused-ring (bicyclic) bond motifs is 1. The van der Waals surface area contributed by atoms with Gasteiger partial charge in [-0.25, -0.2) is 9.50 Å². The standard InChI is InChI=1S/C15H14N4O/c1-10-5-3-6-12(9-10)17-15(20)13-11(2)18-19-8-4-7-16-14(13)19/h3-9H,1-2H3,(H,17,20). The van der Waals surface area contributed by atoms with E-state index in [4.69, 9.17) is 0 Å². The SMILES string of the molecule is Cc1cccc(NC(=O)c2c(C)nn3cccnc23)c1. The molecule has 0 bridgehead atoms. The largest absolute Gasteiger partial charge is 0.322 e. The van der Waals surface area contributed by atoms with E-state index in [9.17, 15) is 4.79 Å². The molecular formula is C15H14N4O. The molecule has 0 aliphatic heterocycles. The molecule has 0 radical (unpaired) electrons. The predicted molar refractivity (Wildman–Crippen MR) is 76.9 cm³/mol. The fourth-order valence-electron chi connectivity index (χ4n) is 2.18. The fraction of sp³-hybridized carbons (Fsp3) is 0.133. The van der Waals surface area contributed by atoms with Gasteiger partial charge in [0.25, 0.3) is 5.91 Å². The number of aryl methyl sites for hydroxylation is 2. The summed E-state index contributed by atoms with van der Waals surface area (Å²) in [6, 6.07) is 9.46. The molecule has 2 heterocycles. The van der Waals surface area contributed by atoms with Crippen LogP contribution in [0.15, 0.2) is 42.7 Å². The van der Waals surface area contributed by atoms with E-state index >= 15 is 0 Å². The Balaban J connectivity index is 1.99. The van der Waals surface area contributed by atoms with Crippen LogP contribution in [-0.4, -0.2) is 20.5 Å². The number of benzene rings is 1. The zero-order valence-corrected chi connectivity index (χ0v) is 11.3. The molecule has 3 aromatic rings. The summed E-state index contributed by atoms with van der Waals surface area (Å²) >= 11 is 0. The summed E-state index contributed by atoms with van der Waals surface area (Å²) in [4.78, 5) is 16.6. The minimum absolute atomic E-state index is 0.193. The molecule has 20 heavy (non-hydrogen) atoms. The second-order valence-electron chi connectivity index (χ2n) is 4.67. The molecular weight excluding hydrogens is 252 g/mol. The molecule has 1 aromatic carbocycles. The first-order valence-electron chi connectivity index (χ1n) is 6.33. The number of hydrogen-bond acceptors (Lipinski definition) is 3. The molecule has 0 fully saturated rings. The van der Waals surface area contributed by atoms with Gasteiger partial charge in [0, 0.05) is 18.1 Å². The molecule has 0 aliphatic rings. The summed E-state index contributed by atoms with van der Waals surface area (Å²) in [5.41, 5.74) is 3.60. The van der Waals surface area contributed by atoms with Crippen molar-refractivity contribution in [2.24, 2.45) is 0 Å². The number of nitrogens with one attached hydrogen (secondary N) is 1. The Bertz CT molecular complexity index is 791. The summed E-state index contributed by atoms with van der Waals surface area (Å²) in [5.74, 6) is -0.193. The predicted octanol–water partition coefficient (Wildman–Crippen LogP) is 2.60. The number of anilines is 1. The lowest BCUT2D eigenvalue weighted by atomic mass is 10.2. The number of rotatable bonds is 2. The third-order valence-electron chi connectivity index (χ3n) is 3.07. The smallest absolute Gasteiger partial charge is 0.261 e. The molecule has 5 heteroatoms. The van der Waals surface area contributed by atoms with Crippen molar-refractivity contribution in [3.8, 4) is 0 Å². The van der Waals surface area contributed by atoms with Crippen LogP contribution in [0.4, 0.5) is 5.69 Å². The Labute approximate surface area is 116 Å². The highest BCUT2D eigenvalue weighted by atomic mass is 16.1. The van der Waals surface area contributed by atoms with Gasteiger partial charge in [0.15, 0.2) is 5.65 Å². The molecule has 0 spiro atoms. The molecule has 0 atom stereocenters. The summed E-state index contributed by atoms with van der Waals surface area (Å²) in [6.07, 6.45) is 3.43. The van der Waals surface area contributed by atoms with Gasteiger partial charge in [-0.05, 0) is 37.6 Å². The molecule has 0 saturated heterocycles. The first-order chi connectivity index (χ1) is 9.65. The van der Waals surface area contributed by atoms with Crippen LogP contribution in [-0.2, 0) is 0 Å². The van der Waals surface area contributed by atoms with E-state index in [0.717, 1.165) is 11.3 Å². The third-order valence-corrected chi connectivity index (χ3v) is 3.07. The monoisotopic (exact) mass is 266 g/mol. The molecule has 100 valence electrons. The van der Waals surface area contributed by atoms with Crippen LogP contribution in [0.25, 0.3) is 5.65 Å². The lowest BCUT2D eigenvalue weighted by Crippen LogP contribution is -2.13. The van der Waals surface area contributed by atoms with Crippen LogP contribution < -0.4 is 5.32 Å². The number of hydrogen-bond donors (Lipinski definition) is 1. The number of nitrogens with zero attached hydrogens (tertiary/aromatic N) is 3. The topological polar surface area (TPSA) is 59.3 Å². The second-order valence-corrected chi connectivity index (χ2v) is 4.67. The van der Waals surface area contributed by atoms with Crippen molar-refractivity contribution < 1.29 is 4.79 Å². The van der Waals surface area contributed by atoms with Crippen molar-refractivity contribution in [2.75, 3.05) is 5.32 Å². The van der Waals surface area contributed by atoms with Crippen LogP contribution in [0.1, 0.15) is 21.6 Å². The molecule has 3 rings (SSSR count). The van der Waals surface area contributed by atoms with Crippen LogP contribution in [0, 0.1) is 13.8 Å². The average molecular weight is 266 g/mol. The zero-order chi connectivity index (χ0) is 14.1. The van der Waals surface area contributed by atoms with Gasteiger partial charge in [-0.15, -0.1) is 0 Å². The molecule has 0 aliphatic carbocycles. The highest BCUT2D eigenvalue weighted by Crippen LogP contribution is 2.16. The fourth-order valence-corrected chi connectivity index (χ4v) is 2.18. The average Bonchev–Trinajstić information content (AvgIpc) is 2.74. The summed E-state index contributed by atoms with van der Waals surface area (Å²) in [6.45, 7) is 3.79. The zero-order valence-electron chi connectivity index (χ0n) is 11.3. The van der Waals surface area contributed by atoms with Crippen LogP contribution in [0.2, 0.25) is 0 Å². The Morgan fingerprint density at radius 2 is 2.10 bits per heavy atom. The maximum atomic E-state index is 12.4. The lowest BCUT2D eigenvalue weighted by molar-refractivity contribution is 0.102. The molecule has 0 unspecified atom stereocenters. The Kier molecular flexibility index (Phi) is 2.95. The van der Waals surface area contributed by atoms with Crippen molar-refractivity contribution in [1.29, 1.82) is 0 Å². The van der Waals surface area contributed by atoms with Gasteiger partial charge in [-0.2, -0.15) is 5.10 Å². The van der Waals surface area contributed by atoms with E-state index in [1.165, 1.54) is 0 Å². The highest BCUT2D eigenvalue weighted by molar-refractivity contribution is 6.09.